The lowest BCUT2D eigenvalue weighted by molar-refractivity contribution is 0.100. The fourth-order valence-electron chi connectivity index (χ4n) is 3.31. The SMILES string of the molecule is CC(=O)c1ccc(C(=O)Nc2[nH]nc3c2CN(C(=O)NCc2ccccc2)C3)cc1. The molecule has 4 rings (SSSR count). The maximum absolute atomic E-state index is 12.5. The van der Waals surface area contributed by atoms with Crippen molar-refractivity contribution in [2.45, 2.75) is 26.6 Å². The molecule has 3 N–H and O–H groups in total. The Kier molecular flexibility index (Phi) is 5.30. The average Bonchev–Trinajstić information content (AvgIpc) is 3.35. The van der Waals surface area contributed by atoms with Crippen LogP contribution in [0.1, 0.15) is 44.5 Å². The molecule has 0 unspecified atom stereocenters. The number of urea groups is 1. The molecule has 0 atom stereocenters. The predicted octanol–water partition coefficient (Wildman–Crippen LogP) is 3.09. The van der Waals surface area contributed by atoms with Gasteiger partial charge < -0.3 is 15.5 Å². The van der Waals surface area contributed by atoms with Gasteiger partial charge in [0.25, 0.3) is 5.91 Å². The molecule has 2 heterocycles. The Morgan fingerprint density at radius 3 is 2.40 bits per heavy atom. The molecule has 0 bridgehead atoms. The van der Waals surface area contributed by atoms with Crippen molar-refractivity contribution in [2.24, 2.45) is 0 Å². The topological polar surface area (TPSA) is 107 Å². The number of fused-ring (bicyclic) bond motifs is 1. The minimum atomic E-state index is -0.316. The van der Waals surface area contributed by atoms with E-state index in [-0.39, 0.29) is 17.7 Å². The van der Waals surface area contributed by atoms with Crippen LogP contribution in [0.25, 0.3) is 0 Å². The average molecular weight is 403 g/mol. The number of Topliss-reactive ketones (excluding diaryl/α,β-unsaturated/α-hetero) is 1. The highest BCUT2D eigenvalue weighted by Crippen LogP contribution is 2.27. The van der Waals surface area contributed by atoms with Gasteiger partial charge in [-0.1, -0.05) is 42.5 Å². The van der Waals surface area contributed by atoms with Crippen molar-refractivity contribution in [2.75, 3.05) is 5.32 Å². The van der Waals surface area contributed by atoms with Crippen molar-refractivity contribution in [3.63, 3.8) is 0 Å². The van der Waals surface area contributed by atoms with E-state index >= 15 is 0 Å². The van der Waals surface area contributed by atoms with Gasteiger partial charge >= 0.3 is 6.03 Å². The highest BCUT2D eigenvalue weighted by atomic mass is 16.2. The molecular weight excluding hydrogens is 382 g/mol. The molecule has 0 spiro atoms. The highest BCUT2D eigenvalue weighted by molar-refractivity contribution is 6.05. The third-order valence-corrected chi connectivity index (χ3v) is 5.01. The van der Waals surface area contributed by atoms with Crippen LogP contribution < -0.4 is 10.6 Å². The molecule has 0 saturated carbocycles. The number of rotatable bonds is 5. The summed E-state index contributed by atoms with van der Waals surface area (Å²) in [6, 6.07) is 15.9. The van der Waals surface area contributed by atoms with Gasteiger partial charge in [0, 0.05) is 23.2 Å². The number of ketones is 1. The molecule has 1 aromatic heterocycles. The largest absolute Gasteiger partial charge is 0.334 e. The van der Waals surface area contributed by atoms with Crippen molar-refractivity contribution < 1.29 is 14.4 Å². The van der Waals surface area contributed by atoms with E-state index in [4.69, 9.17) is 0 Å². The maximum atomic E-state index is 12.5. The van der Waals surface area contributed by atoms with E-state index in [1.54, 1.807) is 29.2 Å². The number of nitrogens with zero attached hydrogens (tertiary/aromatic N) is 2. The third kappa shape index (κ3) is 4.07. The number of hydrogen-bond acceptors (Lipinski definition) is 4. The summed E-state index contributed by atoms with van der Waals surface area (Å²) in [7, 11) is 0. The standard InChI is InChI=1S/C22H21N5O3/c1-14(28)16-7-9-17(10-8-16)21(29)24-20-18-12-27(13-19(18)25-26-20)22(30)23-11-15-5-3-2-4-6-15/h2-10H,11-13H2,1H3,(H,23,30)(H2,24,25,26,29). The first-order valence-electron chi connectivity index (χ1n) is 9.56. The molecule has 3 aromatic rings. The number of anilines is 1. The second kappa shape index (κ2) is 8.20. The summed E-state index contributed by atoms with van der Waals surface area (Å²) in [5.74, 6) is 0.103. The zero-order valence-corrected chi connectivity index (χ0v) is 16.4. The van der Waals surface area contributed by atoms with E-state index in [1.165, 1.54) is 6.92 Å². The van der Waals surface area contributed by atoms with Crippen LogP contribution in [0.15, 0.2) is 54.6 Å². The van der Waals surface area contributed by atoms with E-state index in [0.717, 1.165) is 16.8 Å². The molecule has 2 aromatic carbocycles. The minimum Gasteiger partial charge on any atom is -0.334 e. The van der Waals surface area contributed by atoms with Crippen LogP contribution in [-0.4, -0.2) is 32.8 Å². The summed E-state index contributed by atoms with van der Waals surface area (Å²) < 4.78 is 0. The van der Waals surface area contributed by atoms with Crippen LogP contribution >= 0.6 is 0 Å². The van der Waals surface area contributed by atoms with Gasteiger partial charge in [-0.15, -0.1) is 0 Å². The van der Waals surface area contributed by atoms with E-state index in [9.17, 15) is 14.4 Å². The summed E-state index contributed by atoms with van der Waals surface area (Å²) in [5.41, 5.74) is 3.52. The number of aromatic amines is 1. The number of aromatic nitrogens is 2. The molecule has 8 nitrogen and oxygen atoms in total. The molecule has 0 saturated heterocycles. The molecular formula is C22H21N5O3. The Bertz CT molecular complexity index is 1090. The normalized spacial score (nSPS) is 12.4. The smallest absolute Gasteiger partial charge is 0.318 e. The first-order chi connectivity index (χ1) is 14.5. The molecule has 8 heteroatoms. The Hall–Kier alpha value is -3.94. The van der Waals surface area contributed by atoms with Crippen LogP contribution in [0.2, 0.25) is 0 Å². The van der Waals surface area contributed by atoms with E-state index in [1.807, 2.05) is 30.3 Å². The maximum Gasteiger partial charge on any atom is 0.318 e. The van der Waals surface area contributed by atoms with Gasteiger partial charge in [0.15, 0.2) is 5.78 Å². The highest BCUT2D eigenvalue weighted by Gasteiger charge is 2.29. The molecule has 3 amide bonds. The van der Waals surface area contributed by atoms with E-state index in [2.05, 4.69) is 20.8 Å². The minimum absolute atomic E-state index is 0.0565. The summed E-state index contributed by atoms with van der Waals surface area (Å²) in [6.07, 6.45) is 0. The van der Waals surface area contributed by atoms with Crippen LogP contribution in [-0.2, 0) is 19.6 Å². The number of nitrogens with one attached hydrogen (secondary N) is 3. The first-order valence-corrected chi connectivity index (χ1v) is 9.56. The van der Waals surface area contributed by atoms with Crippen molar-refractivity contribution in [3.8, 4) is 0 Å². The lowest BCUT2D eigenvalue weighted by Crippen LogP contribution is -2.36. The summed E-state index contributed by atoms with van der Waals surface area (Å²) in [5, 5.41) is 12.8. The molecule has 152 valence electrons. The lowest BCUT2D eigenvalue weighted by Gasteiger charge is -2.17. The van der Waals surface area contributed by atoms with Crippen molar-refractivity contribution in [1.82, 2.24) is 20.4 Å². The van der Waals surface area contributed by atoms with Gasteiger partial charge in [0.2, 0.25) is 0 Å². The predicted molar refractivity (Wildman–Crippen MR) is 111 cm³/mol. The fourth-order valence-corrected chi connectivity index (χ4v) is 3.31. The van der Waals surface area contributed by atoms with Crippen molar-refractivity contribution >= 4 is 23.5 Å². The number of benzene rings is 2. The van der Waals surface area contributed by atoms with Gasteiger partial charge in [-0.25, -0.2) is 4.79 Å². The third-order valence-electron chi connectivity index (χ3n) is 5.01. The number of hydrogen-bond donors (Lipinski definition) is 3. The molecule has 1 aliphatic rings. The van der Waals surface area contributed by atoms with Gasteiger partial charge in [-0.2, -0.15) is 5.10 Å². The second-order valence-electron chi connectivity index (χ2n) is 7.11. The van der Waals surface area contributed by atoms with Crippen molar-refractivity contribution in [3.05, 3.63) is 82.5 Å². The lowest BCUT2D eigenvalue weighted by atomic mass is 10.1. The Morgan fingerprint density at radius 1 is 1.00 bits per heavy atom. The number of H-pyrrole nitrogens is 1. The summed E-state index contributed by atoms with van der Waals surface area (Å²) in [4.78, 5) is 38.0. The Labute approximate surface area is 173 Å². The van der Waals surface area contributed by atoms with Crippen LogP contribution in [0.3, 0.4) is 0 Å². The molecule has 0 aliphatic carbocycles. The van der Waals surface area contributed by atoms with Crippen molar-refractivity contribution in [1.29, 1.82) is 0 Å². The van der Waals surface area contributed by atoms with Crippen LogP contribution in [0.4, 0.5) is 10.6 Å². The van der Waals surface area contributed by atoms with Gasteiger partial charge in [0.1, 0.15) is 5.82 Å². The second-order valence-corrected chi connectivity index (χ2v) is 7.11. The van der Waals surface area contributed by atoms with E-state index in [0.29, 0.717) is 36.6 Å². The monoisotopic (exact) mass is 403 g/mol. The van der Waals surface area contributed by atoms with Crippen LogP contribution in [0, 0.1) is 0 Å². The number of carbonyl (C=O) groups is 3. The number of carbonyl (C=O) groups excluding carboxylic acids is 3. The number of amides is 3. The molecule has 1 aliphatic heterocycles. The molecule has 30 heavy (non-hydrogen) atoms. The Balaban J connectivity index is 1.37. The molecule has 0 fully saturated rings. The fraction of sp³-hybridized carbons (Fsp3) is 0.182. The summed E-state index contributed by atoms with van der Waals surface area (Å²) >= 11 is 0. The van der Waals surface area contributed by atoms with E-state index < -0.39 is 0 Å². The van der Waals surface area contributed by atoms with Gasteiger partial charge in [0.05, 0.1) is 18.8 Å². The summed E-state index contributed by atoms with van der Waals surface area (Å²) in [6.45, 7) is 2.64. The van der Waals surface area contributed by atoms with Gasteiger partial charge in [-0.05, 0) is 24.6 Å². The first kappa shape index (κ1) is 19.4. The quantitative estimate of drug-likeness (QED) is 0.569. The van der Waals surface area contributed by atoms with Gasteiger partial charge in [-0.3, -0.25) is 14.7 Å². The Morgan fingerprint density at radius 2 is 1.70 bits per heavy atom. The zero-order chi connectivity index (χ0) is 21.1. The van der Waals surface area contributed by atoms with Crippen LogP contribution in [0.5, 0.6) is 0 Å². The zero-order valence-electron chi connectivity index (χ0n) is 16.4. The molecule has 0 radical (unpaired) electrons.